The molecule has 2 rings (SSSR count). The van der Waals surface area contributed by atoms with Gasteiger partial charge in [-0.05, 0) is 45.4 Å². The molecule has 0 aromatic carbocycles. The second-order valence-electron chi connectivity index (χ2n) is 7.45. The number of hydrogen-bond acceptors (Lipinski definition) is 5. The van der Waals surface area contributed by atoms with Crippen LogP contribution in [-0.2, 0) is 23.1 Å². The summed E-state index contributed by atoms with van der Waals surface area (Å²) in [7, 11) is 1.73. The molecular formula is C22H30N2O5. The Labute approximate surface area is 171 Å². The fourth-order valence-electron chi connectivity index (χ4n) is 3.49. The predicted octanol–water partition coefficient (Wildman–Crippen LogP) is 3.67. The van der Waals surface area contributed by atoms with Gasteiger partial charge in [0, 0.05) is 24.2 Å². The zero-order chi connectivity index (χ0) is 21.9. The second-order valence-corrected chi connectivity index (χ2v) is 7.45. The van der Waals surface area contributed by atoms with Crippen molar-refractivity contribution in [3.05, 3.63) is 46.7 Å². The minimum Gasteiger partial charge on any atom is -0.467 e. The number of ether oxygens (including phenoxy) is 1. The highest BCUT2D eigenvalue weighted by atomic mass is 16.5. The van der Waals surface area contributed by atoms with Crippen molar-refractivity contribution < 1.29 is 23.5 Å². The van der Waals surface area contributed by atoms with E-state index in [4.69, 9.17) is 9.15 Å². The maximum absolute atomic E-state index is 13.4. The van der Waals surface area contributed by atoms with Crippen molar-refractivity contribution >= 4 is 17.7 Å². The molecule has 0 saturated heterocycles. The fraction of sp³-hybridized carbons (Fsp3) is 0.500. The Morgan fingerprint density at radius 1 is 1.21 bits per heavy atom. The van der Waals surface area contributed by atoms with Crippen LogP contribution in [0, 0.1) is 19.8 Å². The van der Waals surface area contributed by atoms with Gasteiger partial charge in [0.25, 0.3) is 0 Å². The molecule has 0 aliphatic carbocycles. The average molecular weight is 402 g/mol. The van der Waals surface area contributed by atoms with Crippen molar-refractivity contribution in [1.82, 2.24) is 9.47 Å². The van der Waals surface area contributed by atoms with Crippen molar-refractivity contribution in [3.63, 3.8) is 0 Å². The second kappa shape index (κ2) is 9.11. The highest BCUT2D eigenvalue weighted by molar-refractivity contribution is 6.06. The van der Waals surface area contributed by atoms with Gasteiger partial charge in [0.15, 0.2) is 5.78 Å². The number of rotatable bonds is 8. The van der Waals surface area contributed by atoms with Crippen molar-refractivity contribution in [3.8, 4) is 0 Å². The van der Waals surface area contributed by atoms with E-state index in [2.05, 4.69) is 0 Å². The van der Waals surface area contributed by atoms with Crippen LogP contribution in [0.15, 0.2) is 22.8 Å². The molecule has 2 aromatic heterocycles. The van der Waals surface area contributed by atoms with Crippen molar-refractivity contribution in [1.29, 1.82) is 0 Å². The van der Waals surface area contributed by atoms with E-state index in [1.54, 1.807) is 65.3 Å². The molecule has 2 aromatic rings. The topological polar surface area (TPSA) is 81.8 Å². The molecule has 0 aliphatic rings. The summed E-state index contributed by atoms with van der Waals surface area (Å²) in [5.41, 5.74) is 2.03. The third kappa shape index (κ3) is 4.44. The Morgan fingerprint density at radius 2 is 1.86 bits per heavy atom. The minimum absolute atomic E-state index is 0.140. The smallest absolute Gasteiger partial charge is 0.355 e. The fourth-order valence-corrected chi connectivity index (χ4v) is 3.49. The van der Waals surface area contributed by atoms with Gasteiger partial charge in [-0.25, -0.2) is 4.79 Å². The van der Waals surface area contributed by atoms with E-state index < -0.39 is 12.0 Å². The summed E-state index contributed by atoms with van der Waals surface area (Å²) in [5, 5.41) is 0. The molecular weight excluding hydrogens is 372 g/mol. The van der Waals surface area contributed by atoms with Gasteiger partial charge in [-0.3, -0.25) is 9.59 Å². The van der Waals surface area contributed by atoms with Crippen LogP contribution >= 0.6 is 0 Å². The number of carbonyl (C=O) groups excluding carboxylic acids is 3. The molecule has 29 heavy (non-hydrogen) atoms. The molecule has 7 heteroatoms. The highest BCUT2D eigenvalue weighted by Gasteiger charge is 2.33. The lowest BCUT2D eigenvalue weighted by Crippen LogP contribution is -2.44. The Kier molecular flexibility index (Phi) is 7.06. The molecule has 158 valence electrons. The van der Waals surface area contributed by atoms with Crippen molar-refractivity contribution in [2.24, 2.45) is 13.0 Å². The number of hydrogen-bond donors (Lipinski definition) is 0. The van der Waals surface area contributed by atoms with Crippen LogP contribution < -0.4 is 0 Å². The van der Waals surface area contributed by atoms with Crippen LogP contribution in [-0.4, -0.2) is 39.8 Å². The molecule has 1 amide bonds. The number of ketones is 1. The lowest BCUT2D eigenvalue weighted by molar-refractivity contribution is -0.136. The van der Waals surface area contributed by atoms with Crippen LogP contribution in [0.3, 0.4) is 0 Å². The molecule has 0 aliphatic heterocycles. The van der Waals surface area contributed by atoms with E-state index in [-0.39, 0.29) is 30.8 Å². The first-order valence-corrected chi connectivity index (χ1v) is 9.81. The maximum Gasteiger partial charge on any atom is 0.355 e. The third-order valence-electron chi connectivity index (χ3n) is 5.18. The Morgan fingerprint density at radius 3 is 2.38 bits per heavy atom. The molecule has 0 N–H and O–H groups in total. The van der Waals surface area contributed by atoms with Gasteiger partial charge in [0.05, 0.1) is 25.5 Å². The van der Waals surface area contributed by atoms with Gasteiger partial charge in [-0.15, -0.1) is 0 Å². The first-order valence-electron chi connectivity index (χ1n) is 9.81. The molecule has 7 nitrogen and oxygen atoms in total. The van der Waals surface area contributed by atoms with E-state index >= 15 is 0 Å². The van der Waals surface area contributed by atoms with Gasteiger partial charge in [-0.1, -0.05) is 13.8 Å². The summed E-state index contributed by atoms with van der Waals surface area (Å²) in [4.78, 5) is 40.2. The van der Waals surface area contributed by atoms with E-state index in [0.717, 1.165) is 0 Å². The number of nitrogens with zero attached hydrogens (tertiary/aromatic N) is 2. The summed E-state index contributed by atoms with van der Waals surface area (Å²) in [6.07, 6.45) is 1.54. The normalized spacial score (nSPS) is 12.1. The van der Waals surface area contributed by atoms with Crippen LogP contribution in [0.25, 0.3) is 0 Å². The minimum atomic E-state index is -0.718. The quantitative estimate of drug-likeness (QED) is 0.497. The summed E-state index contributed by atoms with van der Waals surface area (Å²) >= 11 is 0. The molecule has 0 spiro atoms. The maximum atomic E-state index is 13.4. The summed E-state index contributed by atoms with van der Waals surface area (Å²) in [6.45, 7) is 11.0. The summed E-state index contributed by atoms with van der Waals surface area (Å²) in [5.74, 6) is -0.487. The highest BCUT2D eigenvalue weighted by Crippen LogP contribution is 2.25. The first kappa shape index (κ1) is 22.5. The summed E-state index contributed by atoms with van der Waals surface area (Å²) < 4.78 is 12.2. The zero-order valence-electron chi connectivity index (χ0n) is 18.2. The van der Waals surface area contributed by atoms with Gasteiger partial charge in [-0.2, -0.15) is 0 Å². The number of esters is 1. The predicted molar refractivity (Wildman–Crippen MR) is 109 cm³/mol. The monoisotopic (exact) mass is 402 g/mol. The standard InChI is InChI=1S/C22H30N2O5/c1-8-28-22(27)19-14(4)18(15(5)23(19)7)20(25)16(6)24(21(26)13(2)3)12-17-10-9-11-29-17/h9-11,13,16H,8,12H2,1-7H3. The van der Waals surface area contributed by atoms with Gasteiger partial charge >= 0.3 is 5.97 Å². The molecule has 0 fully saturated rings. The van der Waals surface area contributed by atoms with Crippen molar-refractivity contribution in [2.45, 2.75) is 54.1 Å². The van der Waals surface area contributed by atoms with Crippen LogP contribution in [0.4, 0.5) is 0 Å². The van der Waals surface area contributed by atoms with Gasteiger partial charge < -0.3 is 18.6 Å². The Bertz CT molecular complexity index is 893. The number of aromatic nitrogens is 1. The van der Waals surface area contributed by atoms with Crippen LogP contribution in [0.2, 0.25) is 0 Å². The molecule has 0 bridgehead atoms. The largest absolute Gasteiger partial charge is 0.467 e. The molecule has 1 atom stereocenters. The number of amides is 1. The molecule has 0 saturated carbocycles. The molecule has 0 radical (unpaired) electrons. The number of carbonyl (C=O) groups is 3. The van der Waals surface area contributed by atoms with Crippen LogP contribution in [0.1, 0.15) is 65.6 Å². The molecule has 1 unspecified atom stereocenters. The van der Waals surface area contributed by atoms with Crippen LogP contribution in [0.5, 0.6) is 0 Å². The Hall–Kier alpha value is -2.83. The Balaban J connectivity index is 2.44. The average Bonchev–Trinajstić information content (AvgIpc) is 3.25. The number of furan rings is 1. The SMILES string of the molecule is CCOC(=O)c1c(C)c(C(=O)C(C)N(Cc2ccco2)C(=O)C(C)C)c(C)n1C. The van der Waals surface area contributed by atoms with E-state index in [9.17, 15) is 14.4 Å². The summed E-state index contributed by atoms with van der Waals surface area (Å²) in [6, 6.07) is 2.80. The van der Waals surface area contributed by atoms with Crippen molar-refractivity contribution in [2.75, 3.05) is 6.61 Å². The van der Waals surface area contributed by atoms with Gasteiger partial charge in [0.1, 0.15) is 11.5 Å². The van der Waals surface area contributed by atoms with Gasteiger partial charge in [0.2, 0.25) is 5.91 Å². The first-order chi connectivity index (χ1) is 13.6. The lowest BCUT2D eigenvalue weighted by atomic mass is 9.99. The molecule has 2 heterocycles. The number of Topliss-reactive ketones (excluding diaryl/α,β-unsaturated/α-hetero) is 1. The third-order valence-corrected chi connectivity index (χ3v) is 5.18. The lowest BCUT2D eigenvalue weighted by Gasteiger charge is -2.29. The van der Waals surface area contributed by atoms with E-state index in [1.165, 1.54) is 11.2 Å². The van der Waals surface area contributed by atoms with E-state index in [1.807, 2.05) is 0 Å². The van der Waals surface area contributed by atoms with E-state index in [0.29, 0.717) is 28.3 Å². The zero-order valence-corrected chi connectivity index (χ0v) is 18.2.